The Morgan fingerprint density at radius 2 is 0.553 bits per heavy atom. The molecule has 5 N–H and O–H groups in total. The zero-order chi connectivity index (χ0) is 55.1. The van der Waals surface area contributed by atoms with E-state index in [0.717, 1.165) is 38.5 Å². The highest BCUT2D eigenvalue weighted by Gasteiger charge is 2.28. The van der Waals surface area contributed by atoms with Gasteiger partial charge in [-0.05, 0) is 51.4 Å². The fourth-order valence-electron chi connectivity index (χ4n) is 11.3. The molecule has 0 saturated carbocycles. The standard InChI is InChI=1S/C70H137NO5/c1-3-5-7-9-11-13-15-17-19-21-23-25-27-29-31-33-34-36-38-40-42-44-46-48-50-52-54-56-58-60-62-64-68(74)70(76)71-66(65-72)69(75)67(73)63-61-59-57-55-53-51-49-47-45-43-41-39-37-35-32-30-28-26-24-22-20-18-16-14-12-10-8-6-4-2/h47,49,55,57,66-69,72-75H,3-46,48,50-54,56,58-65H2,1-2H3,(H,71,76)/b49-47+,57-55+. The van der Waals surface area contributed by atoms with Gasteiger partial charge >= 0.3 is 0 Å². The Morgan fingerprint density at radius 1 is 0.316 bits per heavy atom. The van der Waals surface area contributed by atoms with Crippen LogP contribution < -0.4 is 5.32 Å². The first kappa shape index (κ1) is 74.8. The molecule has 6 nitrogen and oxygen atoms in total. The van der Waals surface area contributed by atoms with Gasteiger partial charge in [-0.2, -0.15) is 0 Å². The Balaban J connectivity index is 3.57. The lowest BCUT2D eigenvalue weighted by Crippen LogP contribution is -2.53. The lowest BCUT2D eigenvalue weighted by Gasteiger charge is -2.27. The maximum atomic E-state index is 12.7. The van der Waals surface area contributed by atoms with Gasteiger partial charge in [0.15, 0.2) is 0 Å². The SMILES string of the molecule is CCCCCCCCCCCCCCCCCCCCCC/C=C/CC/C=C/CCCC(O)C(O)C(CO)NC(=O)C(O)CCCCCCCCCCCCCCCCCCCCCCCCCCCCCCCCC. The second kappa shape index (κ2) is 64.6. The van der Waals surface area contributed by atoms with Crippen molar-refractivity contribution in [3.05, 3.63) is 24.3 Å². The van der Waals surface area contributed by atoms with Crippen molar-refractivity contribution in [1.29, 1.82) is 0 Å². The minimum absolute atomic E-state index is 0.365. The van der Waals surface area contributed by atoms with Crippen molar-refractivity contribution in [3.63, 3.8) is 0 Å². The molecule has 0 fully saturated rings. The summed E-state index contributed by atoms with van der Waals surface area (Å²) in [6.07, 6.45) is 81.7. The summed E-state index contributed by atoms with van der Waals surface area (Å²) in [6, 6.07) is -1.01. The zero-order valence-electron chi connectivity index (χ0n) is 51.5. The van der Waals surface area contributed by atoms with Gasteiger partial charge in [-0.1, -0.05) is 359 Å². The van der Waals surface area contributed by atoms with Crippen molar-refractivity contribution in [2.45, 2.75) is 411 Å². The molecule has 0 bridgehead atoms. The van der Waals surface area contributed by atoms with Gasteiger partial charge < -0.3 is 25.7 Å². The minimum atomic E-state index is -1.29. The maximum Gasteiger partial charge on any atom is 0.249 e. The van der Waals surface area contributed by atoms with Crippen LogP contribution in [0.3, 0.4) is 0 Å². The van der Waals surface area contributed by atoms with Gasteiger partial charge in [0.2, 0.25) is 5.91 Å². The van der Waals surface area contributed by atoms with Crippen molar-refractivity contribution in [2.24, 2.45) is 0 Å². The van der Waals surface area contributed by atoms with Gasteiger partial charge in [0, 0.05) is 0 Å². The fourth-order valence-corrected chi connectivity index (χ4v) is 11.3. The first-order chi connectivity index (χ1) is 37.5. The van der Waals surface area contributed by atoms with E-state index in [2.05, 4.69) is 43.5 Å². The maximum absolute atomic E-state index is 12.7. The van der Waals surface area contributed by atoms with Crippen molar-refractivity contribution < 1.29 is 25.2 Å². The lowest BCUT2D eigenvalue weighted by atomic mass is 10.00. The van der Waals surface area contributed by atoms with E-state index in [0.29, 0.717) is 19.3 Å². The number of unbranched alkanes of at least 4 members (excludes halogenated alkanes) is 52. The van der Waals surface area contributed by atoms with Crippen LogP contribution in [0.15, 0.2) is 24.3 Å². The number of carbonyl (C=O) groups is 1. The predicted molar refractivity (Wildman–Crippen MR) is 334 cm³/mol. The summed E-state index contributed by atoms with van der Waals surface area (Å²) in [6.45, 7) is 4.10. The van der Waals surface area contributed by atoms with Crippen molar-refractivity contribution in [2.75, 3.05) is 6.61 Å². The molecule has 1 amide bonds. The Bertz CT molecular complexity index is 1160. The Morgan fingerprint density at radius 3 is 0.829 bits per heavy atom. The largest absolute Gasteiger partial charge is 0.394 e. The van der Waals surface area contributed by atoms with Crippen LogP contribution in [0.4, 0.5) is 0 Å². The number of hydrogen-bond donors (Lipinski definition) is 5. The third kappa shape index (κ3) is 57.5. The van der Waals surface area contributed by atoms with E-state index in [1.165, 1.54) is 315 Å². The molecule has 0 aromatic heterocycles. The molecule has 4 unspecified atom stereocenters. The highest BCUT2D eigenvalue weighted by molar-refractivity contribution is 5.80. The number of nitrogens with one attached hydrogen (secondary N) is 1. The number of amides is 1. The highest BCUT2D eigenvalue weighted by atomic mass is 16.3. The van der Waals surface area contributed by atoms with E-state index in [4.69, 9.17) is 0 Å². The van der Waals surface area contributed by atoms with Crippen LogP contribution in [0.1, 0.15) is 386 Å². The summed E-state index contributed by atoms with van der Waals surface area (Å²) in [5.74, 6) is -0.589. The average Bonchev–Trinajstić information content (AvgIpc) is 3.42. The lowest BCUT2D eigenvalue weighted by molar-refractivity contribution is -0.132. The second-order valence-corrected chi connectivity index (χ2v) is 24.2. The highest BCUT2D eigenvalue weighted by Crippen LogP contribution is 2.19. The van der Waals surface area contributed by atoms with Crippen LogP contribution in [0.2, 0.25) is 0 Å². The molecule has 0 heterocycles. The van der Waals surface area contributed by atoms with Crippen LogP contribution in [0.25, 0.3) is 0 Å². The molecule has 0 aliphatic carbocycles. The predicted octanol–water partition coefficient (Wildman–Crippen LogP) is 21.3. The number of carbonyl (C=O) groups excluding carboxylic acids is 1. The first-order valence-electron chi connectivity index (χ1n) is 34.7. The smallest absolute Gasteiger partial charge is 0.249 e. The van der Waals surface area contributed by atoms with E-state index in [1.807, 2.05) is 0 Å². The minimum Gasteiger partial charge on any atom is -0.394 e. The van der Waals surface area contributed by atoms with Crippen molar-refractivity contribution in [3.8, 4) is 0 Å². The quantitative estimate of drug-likeness (QED) is 0.0308. The van der Waals surface area contributed by atoms with Crippen molar-refractivity contribution >= 4 is 5.91 Å². The molecule has 0 aromatic rings. The molecule has 0 saturated heterocycles. The normalized spacial score (nSPS) is 13.6. The van der Waals surface area contributed by atoms with E-state index < -0.39 is 36.9 Å². The second-order valence-electron chi connectivity index (χ2n) is 24.2. The molecular formula is C70H137NO5. The van der Waals surface area contributed by atoms with E-state index in [1.54, 1.807) is 0 Å². The summed E-state index contributed by atoms with van der Waals surface area (Å²) in [4.78, 5) is 12.7. The van der Waals surface area contributed by atoms with Crippen LogP contribution in [0, 0.1) is 0 Å². The molecule has 4 atom stereocenters. The number of aliphatic hydroxyl groups excluding tert-OH is 4. The first-order valence-corrected chi connectivity index (χ1v) is 34.7. The number of allylic oxidation sites excluding steroid dienone is 4. The summed E-state index contributed by atoms with van der Waals surface area (Å²) in [5.41, 5.74) is 0. The molecule has 0 aliphatic heterocycles. The molecule has 0 spiro atoms. The van der Waals surface area contributed by atoms with Crippen LogP contribution in [-0.2, 0) is 4.79 Å². The molecule has 0 rings (SSSR count). The van der Waals surface area contributed by atoms with E-state index in [9.17, 15) is 25.2 Å². The van der Waals surface area contributed by atoms with Gasteiger partial charge in [0.1, 0.15) is 12.2 Å². The third-order valence-electron chi connectivity index (χ3n) is 16.6. The number of rotatable bonds is 65. The summed E-state index contributed by atoms with van der Waals surface area (Å²) >= 11 is 0. The topological polar surface area (TPSA) is 110 Å². The number of hydrogen-bond acceptors (Lipinski definition) is 5. The van der Waals surface area contributed by atoms with Crippen LogP contribution in [0.5, 0.6) is 0 Å². The van der Waals surface area contributed by atoms with Gasteiger partial charge in [-0.25, -0.2) is 0 Å². The zero-order valence-corrected chi connectivity index (χ0v) is 51.5. The van der Waals surface area contributed by atoms with Crippen molar-refractivity contribution in [1.82, 2.24) is 5.32 Å². The van der Waals surface area contributed by atoms with Gasteiger partial charge in [-0.3, -0.25) is 4.79 Å². The fraction of sp³-hybridized carbons (Fsp3) is 0.929. The number of aliphatic hydroxyl groups is 4. The molecule has 0 aromatic carbocycles. The van der Waals surface area contributed by atoms with Crippen LogP contribution >= 0.6 is 0 Å². The van der Waals surface area contributed by atoms with Gasteiger partial charge in [-0.15, -0.1) is 0 Å². The molecule has 0 aliphatic rings. The van der Waals surface area contributed by atoms with Gasteiger partial charge in [0.25, 0.3) is 0 Å². The summed E-state index contributed by atoms with van der Waals surface area (Å²) in [7, 11) is 0. The molecule has 452 valence electrons. The third-order valence-corrected chi connectivity index (χ3v) is 16.6. The Hall–Kier alpha value is -1.21. The van der Waals surface area contributed by atoms with Gasteiger partial charge in [0.05, 0.1) is 18.8 Å². The summed E-state index contributed by atoms with van der Waals surface area (Å²) < 4.78 is 0. The molecular weight excluding hydrogens is 935 g/mol. The Kier molecular flexibility index (Phi) is 63.6. The monoisotopic (exact) mass is 1070 g/mol. The average molecular weight is 1070 g/mol. The molecule has 0 radical (unpaired) electrons. The van der Waals surface area contributed by atoms with E-state index in [-0.39, 0.29) is 0 Å². The molecule has 76 heavy (non-hydrogen) atoms. The molecule has 6 heteroatoms. The Labute approximate surface area is 475 Å². The van der Waals surface area contributed by atoms with Crippen LogP contribution in [-0.4, -0.2) is 57.3 Å². The summed E-state index contributed by atoms with van der Waals surface area (Å²) in [5, 5.41) is 44.2. The van der Waals surface area contributed by atoms with E-state index >= 15 is 0 Å².